The van der Waals surface area contributed by atoms with E-state index in [0.29, 0.717) is 11.8 Å². The Hall–Kier alpha value is -2.35. The first kappa shape index (κ1) is 26.3. The Balaban J connectivity index is 0.000000153. The zero-order valence-corrected chi connectivity index (χ0v) is 24.3. The molecule has 1 amide bonds. The number of amides is 1. The molecule has 2 aromatic carbocycles. The standard InChI is InChI=1S/C16H17BrN2O.C14H15BrN2/c1-11(20)19-8-6-12(7-9-19)15-4-2-13-10-14(17)3-5-16(13)18-15;15-12-2-4-14-11(9-12)1-3-13(17-14)10-5-7-16-8-6-10/h2-5,10,12H,6-9H2,1H3;1-4,9-10,16H,5-8H2. The molecule has 2 aliphatic heterocycles. The molecule has 2 fully saturated rings. The summed E-state index contributed by atoms with van der Waals surface area (Å²) in [5, 5.41) is 5.76. The summed E-state index contributed by atoms with van der Waals surface area (Å²) >= 11 is 6.97. The Morgan fingerprint density at radius 2 is 1.24 bits per heavy atom. The third kappa shape index (κ3) is 6.57. The second-order valence-electron chi connectivity index (χ2n) is 9.95. The van der Waals surface area contributed by atoms with Gasteiger partial charge in [-0.25, -0.2) is 0 Å². The van der Waals surface area contributed by atoms with Crippen LogP contribution < -0.4 is 5.32 Å². The van der Waals surface area contributed by atoms with Gasteiger partial charge in [-0.15, -0.1) is 0 Å². The average molecular weight is 624 g/mol. The summed E-state index contributed by atoms with van der Waals surface area (Å²) in [6, 6.07) is 21.1. The number of hydrogen-bond donors (Lipinski definition) is 1. The van der Waals surface area contributed by atoms with Crippen molar-refractivity contribution in [1.29, 1.82) is 0 Å². The lowest BCUT2D eigenvalue weighted by Crippen LogP contribution is -2.36. The second kappa shape index (κ2) is 12.0. The molecule has 37 heavy (non-hydrogen) atoms. The van der Waals surface area contributed by atoms with Crippen LogP contribution in [-0.4, -0.2) is 47.0 Å². The van der Waals surface area contributed by atoms with Gasteiger partial charge >= 0.3 is 0 Å². The summed E-state index contributed by atoms with van der Waals surface area (Å²) in [6.45, 7) is 5.57. The molecular weight excluding hydrogens is 592 g/mol. The van der Waals surface area contributed by atoms with E-state index in [2.05, 4.69) is 85.7 Å². The summed E-state index contributed by atoms with van der Waals surface area (Å²) in [4.78, 5) is 22.9. The van der Waals surface area contributed by atoms with E-state index in [9.17, 15) is 4.79 Å². The molecule has 0 atom stereocenters. The Kier molecular flexibility index (Phi) is 8.53. The van der Waals surface area contributed by atoms with Gasteiger partial charge < -0.3 is 10.2 Å². The summed E-state index contributed by atoms with van der Waals surface area (Å²) < 4.78 is 2.19. The van der Waals surface area contributed by atoms with Gasteiger partial charge in [0.2, 0.25) is 5.91 Å². The smallest absolute Gasteiger partial charge is 0.219 e. The van der Waals surface area contributed by atoms with Gasteiger partial charge in [-0.3, -0.25) is 14.8 Å². The van der Waals surface area contributed by atoms with Crippen LogP contribution >= 0.6 is 31.9 Å². The second-order valence-corrected chi connectivity index (χ2v) is 11.8. The van der Waals surface area contributed by atoms with Crippen molar-refractivity contribution in [1.82, 2.24) is 20.2 Å². The number of benzene rings is 2. The normalized spacial score (nSPS) is 17.0. The molecule has 4 heterocycles. The number of nitrogens with zero attached hydrogens (tertiary/aromatic N) is 3. The minimum absolute atomic E-state index is 0.180. The van der Waals surface area contributed by atoms with Crippen LogP contribution in [0.4, 0.5) is 0 Å². The molecule has 192 valence electrons. The third-order valence-electron chi connectivity index (χ3n) is 7.46. The maximum atomic E-state index is 11.4. The monoisotopic (exact) mass is 622 g/mol. The van der Waals surface area contributed by atoms with Gasteiger partial charge in [0, 0.05) is 63.0 Å². The molecule has 6 rings (SSSR count). The first-order chi connectivity index (χ1) is 18.0. The fraction of sp³-hybridized carbons (Fsp3) is 0.367. The van der Waals surface area contributed by atoms with Crippen LogP contribution in [0.5, 0.6) is 0 Å². The number of aromatic nitrogens is 2. The lowest BCUT2D eigenvalue weighted by Gasteiger charge is -2.31. The summed E-state index contributed by atoms with van der Waals surface area (Å²) in [6.07, 6.45) is 4.42. The van der Waals surface area contributed by atoms with E-state index >= 15 is 0 Å². The van der Waals surface area contributed by atoms with E-state index in [0.717, 1.165) is 70.1 Å². The molecule has 0 radical (unpaired) electrons. The van der Waals surface area contributed by atoms with E-state index in [1.807, 2.05) is 17.0 Å². The summed E-state index contributed by atoms with van der Waals surface area (Å²) in [7, 11) is 0. The fourth-order valence-corrected chi connectivity index (χ4v) is 6.04. The molecule has 0 unspecified atom stereocenters. The summed E-state index contributed by atoms with van der Waals surface area (Å²) in [5.74, 6) is 1.28. The Bertz CT molecular complexity index is 1400. The van der Waals surface area contributed by atoms with Crippen LogP contribution in [0.15, 0.2) is 69.6 Å². The molecular formula is C30H32Br2N4O. The Morgan fingerprint density at radius 1 is 0.757 bits per heavy atom. The molecule has 4 aromatic rings. The minimum Gasteiger partial charge on any atom is -0.343 e. The molecule has 2 aromatic heterocycles. The van der Waals surface area contributed by atoms with Crippen molar-refractivity contribution in [3.05, 3.63) is 81.0 Å². The van der Waals surface area contributed by atoms with Crippen molar-refractivity contribution < 1.29 is 4.79 Å². The molecule has 1 N–H and O–H groups in total. The highest BCUT2D eigenvalue weighted by Gasteiger charge is 2.23. The van der Waals surface area contributed by atoms with Crippen molar-refractivity contribution in [3.8, 4) is 0 Å². The summed E-state index contributed by atoms with van der Waals surface area (Å²) in [5.41, 5.74) is 4.55. The lowest BCUT2D eigenvalue weighted by molar-refractivity contribution is -0.129. The number of likely N-dealkylation sites (tertiary alicyclic amines) is 1. The van der Waals surface area contributed by atoms with E-state index in [1.54, 1.807) is 6.92 Å². The number of rotatable bonds is 2. The largest absolute Gasteiger partial charge is 0.343 e. The van der Waals surface area contributed by atoms with Crippen molar-refractivity contribution in [2.24, 2.45) is 0 Å². The van der Waals surface area contributed by atoms with E-state index in [-0.39, 0.29) is 5.91 Å². The van der Waals surface area contributed by atoms with Crippen LogP contribution in [0.2, 0.25) is 0 Å². The zero-order valence-electron chi connectivity index (χ0n) is 21.1. The van der Waals surface area contributed by atoms with Gasteiger partial charge in [-0.2, -0.15) is 0 Å². The highest BCUT2D eigenvalue weighted by Crippen LogP contribution is 2.29. The first-order valence-corrected chi connectivity index (χ1v) is 14.6. The van der Waals surface area contributed by atoms with Crippen molar-refractivity contribution in [2.45, 2.75) is 44.4 Å². The predicted octanol–water partition coefficient (Wildman–Crippen LogP) is 7.19. The molecule has 0 aliphatic carbocycles. The zero-order chi connectivity index (χ0) is 25.8. The highest BCUT2D eigenvalue weighted by molar-refractivity contribution is 9.10. The van der Waals surface area contributed by atoms with Crippen molar-refractivity contribution in [2.75, 3.05) is 26.2 Å². The van der Waals surface area contributed by atoms with Gasteiger partial charge in [0.25, 0.3) is 0 Å². The number of fused-ring (bicyclic) bond motifs is 2. The van der Waals surface area contributed by atoms with E-state index in [4.69, 9.17) is 9.97 Å². The number of carbonyl (C=O) groups excluding carboxylic acids is 1. The quantitative estimate of drug-likeness (QED) is 0.257. The van der Waals surface area contributed by atoms with E-state index < -0.39 is 0 Å². The number of piperidine rings is 2. The van der Waals surface area contributed by atoms with Crippen LogP contribution in [0.3, 0.4) is 0 Å². The molecule has 2 aliphatic rings. The van der Waals surface area contributed by atoms with Crippen LogP contribution in [-0.2, 0) is 4.79 Å². The maximum Gasteiger partial charge on any atom is 0.219 e. The van der Waals surface area contributed by atoms with Crippen LogP contribution in [0.1, 0.15) is 55.8 Å². The number of carbonyl (C=O) groups is 1. The van der Waals surface area contributed by atoms with Gasteiger partial charge in [0.1, 0.15) is 0 Å². The lowest BCUT2D eigenvalue weighted by atomic mass is 9.92. The van der Waals surface area contributed by atoms with Crippen molar-refractivity contribution in [3.63, 3.8) is 0 Å². The van der Waals surface area contributed by atoms with Gasteiger partial charge in [-0.1, -0.05) is 44.0 Å². The van der Waals surface area contributed by atoms with Gasteiger partial charge in [-0.05, 0) is 87.3 Å². The maximum absolute atomic E-state index is 11.4. The molecule has 0 saturated carbocycles. The number of halogens is 2. The molecule has 7 heteroatoms. The van der Waals surface area contributed by atoms with Crippen LogP contribution in [0, 0.1) is 0 Å². The van der Waals surface area contributed by atoms with E-state index in [1.165, 1.54) is 23.9 Å². The molecule has 0 bridgehead atoms. The SMILES string of the molecule is Brc1ccc2nc(C3CCNCC3)ccc2c1.CC(=O)N1CCC(c2ccc3cc(Br)ccc3n2)CC1. The fourth-order valence-electron chi connectivity index (χ4n) is 5.29. The van der Waals surface area contributed by atoms with Crippen LogP contribution in [0.25, 0.3) is 21.8 Å². The third-order valence-corrected chi connectivity index (χ3v) is 8.45. The van der Waals surface area contributed by atoms with Gasteiger partial charge in [0.05, 0.1) is 11.0 Å². The molecule has 2 saturated heterocycles. The predicted molar refractivity (Wildman–Crippen MR) is 158 cm³/mol. The molecule has 0 spiro atoms. The van der Waals surface area contributed by atoms with Gasteiger partial charge in [0.15, 0.2) is 0 Å². The minimum atomic E-state index is 0.180. The Labute approximate surface area is 235 Å². The number of nitrogens with one attached hydrogen (secondary N) is 1. The Morgan fingerprint density at radius 3 is 1.73 bits per heavy atom. The number of pyridine rings is 2. The number of hydrogen-bond acceptors (Lipinski definition) is 4. The molecule has 5 nitrogen and oxygen atoms in total. The highest BCUT2D eigenvalue weighted by atomic mass is 79.9. The average Bonchev–Trinajstić information content (AvgIpc) is 2.93. The topological polar surface area (TPSA) is 58.1 Å². The first-order valence-electron chi connectivity index (χ1n) is 13.0. The van der Waals surface area contributed by atoms with Crippen molar-refractivity contribution >= 4 is 59.6 Å².